The fourth-order valence-electron chi connectivity index (χ4n) is 1.72. The summed E-state index contributed by atoms with van der Waals surface area (Å²) in [5.74, 6) is 0. The van der Waals surface area contributed by atoms with Gasteiger partial charge in [-0.25, -0.2) is 9.78 Å². The topological polar surface area (TPSA) is 71.7 Å². The lowest BCUT2D eigenvalue weighted by molar-refractivity contribution is 0.0393. The molecule has 0 aliphatic carbocycles. The second-order valence-electron chi connectivity index (χ2n) is 3.76. The molecule has 94 valence electrons. The Morgan fingerprint density at radius 3 is 2.94 bits per heavy atom. The van der Waals surface area contributed by atoms with E-state index in [0.717, 1.165) is 32.8 Å². The molecule has 0 radical (unpaired) electrons. The van der Waals surface area contributed by atoms with E-state index in [4.69, 9.17) is 10.5 Å². The quantitative estimate of drug-likeness (QED) is 0.844. The van der Waals surface area contributed by atoms with Gasteiger partial charge in [-0.15, -0.1) is 11.3 Å². The third-order valence-corrected chi connectivity index (χ3v) is 3.45. The predicted molar refractivity (Wildman–Crippen MR) is 66.3 cm³/mol. The maximum Gasteiger partial charge on any atom is 0.321 e. The minimum absolute atomic E-state index is 0.451. The summed E-state index contributed by atoms with van der Waals surface area (Å²) in [6.45, 7) is 4.70. The molecule has 2 heterocycles. The first kappa shape index (κ1) is 12.3. The third kappa shape index (κ3) is 3.39. The number of primary amides is 1. The summed E-state index contributed by atoms with van der Waals surface area (Å²) >= 11 is 1.42. The van der Waals surface area contributed by atoms with E-state index in [0.29, 0.717) is 11.7 Å². The van der Waals surface area contributed by atoms with Crippen LogP contribution >= 0.6 is 11.3 Å². The van der Waals surface area contributed by atoms with E-state index in [-0.39, 0.29) is 0 Å². The minimum atomic E-state index is -0.451. The van der Waals surface area contributed by atoms with Crippen molar-refractivity contribution in [3.8, 4) is 0 Å². The zero-order chi connectivity index (χ0) is 12.1. The zero-order valence-corrected chi connectivity index (χ0v) is 10.4. The fourth-order valence-corrected chi connectivity index (χ4v) is 2.39. The average Bonchev–Trinajstić information content (AvgIpc) is 2.84. The van der Waals surface area contributed by atoms with Crippen LogP contribution < -0.4 is 10.6 Å². The molecular weight excluding hydrogens is 240 g/mol. The van der Waals surface area contributed by atoms with Crippen LogP contribution in [0, 0.1) is 0 Å². The lowest BCUT2D eigenvalue weighted by Crippen LogP contribution is -2.44. The standard InChI is InChI=1S/C10H16N4O2S/c11-9(15)14(10-12-1-8-17-10)3-2-13-4-6-16-7-5-13/h1,8H,2-7H2,(H2,11,15). The van der Waals surface area contributed by atoms with Crippen LogP contribution in [-0.4, -0.2) is 55.3 Å². The molecule has 2 N–H and O–H groups in total. The van der Waals surface area contributed by atoms with E-state index >= 15 is 0 Å². The van der Waals surface area contributed by atoms with Gasteiger partial charge in [0.05, 0.1) is 13.2 Å². The highest BCUT2D eigenvalue weighted by atomic mass is 32.1. The largest absolute Gasteiger partial charge is 0.379 e. The highest BCUT2D eigenvalue weighted by Gasteiger charge is 2.17. The van der Waals surface area contributed by atoms with Crippen LogP contribution in [0.15, 0.2) is 11.6 Å². The van der Waals surface area contributed by atoms with Crippen LogP contribution in [-0.2, 0) is 4.74 Å². The maximum atomic E-state index is 11.3. The Labute approximate surface area is 104 Å². The highest BCUT2D eigenvalue weighted by molar-refractivity contribution is 7.13. The van der Waals surface area contributed by atoms with Crippen molar-refractivity contribution in [2.75, 3.05) is 44.3 Å². The number of hydrogen-bond acceptors (Lipinski definition) is 5. The number of thiazole rings is 1. The van der Waals surface area contributed by atoms with E-state index in [1.807, 2.05) is 5.38 Å². The molecular formula is C10H16N4O2S. The average molecular weight is 256 g/mol. The lowest BCUT2D eigenvalue weighted by atomic mass is 10.4. The zero-order valence-electron chi connectivity index (χ0n) is 9.54. The number of nitrogens with two attached hydrogens (primary N) is 1. The molecule has 0 aromatic carbocycles. The molecule has 2 amide bonds. The van der Waals surface area contributed by atoms with Crippen LogP contribution in [0.5, 0.6) is 0 Å². The van der Waals surface area contributed by atoms with E-state index in [2.05, 4.69) is 9.88 Å². The number of morpholine rings is 1. The van der Waals surface area contributed by atoms with E-state index in [9.17, 15) is 4.79 Å². The number of carbonyl (C=O) groups excluding carboxylic acids is 1. The Morgan fingerprint density at radius 1 is 1.59 bits per heavy atom. The molecule has 17 heavy (non-hydrogen) atoms. The minimum Gasteiger partial charge on any atom is -0.379 e. The number of rotatable bonds is 4. The van der Waals surface area contributed by atoms with Gasteiger partial charge in [-0.1, -0.05) is 0 Å². The van der Waals surface area contributed by atoms with Gasteiger partial charge < -0.3 is 10.5 Å². The van der Waals surface area contributed by atoms with Gasteiger partial charge in [0.15, 0.2) is 5.13 Å². The number of ether oxygens (including phenoxy) is 1. The normalized spacial score (nSPS) is 16.9. The van der Waals surface area contributed by atoms with E-state index < -0.39 is 6.03 Å². The van der Waals surface area contributed by atoms with Crippen LogP contribution in [0.1, 0.15) is 0 Å². The van der Waals surface area contributed by atoms with Crippen molar-refractivity contribution < 1.29 is 9.53 Å². The first-order chi connectivity index (χ1) is 8.27. The number of amides is 2. The summed E-state index contributed by atoms with van der Waals surface area (Å²) in [5.41, 5.74) is 5.35. The summed E-state index contributed by atoms with van der Waals surface area (Å²) in [5, 5.41) is 2.49. The molecule has 7 heteroatoms. The molecule has 1 fully saturated rings. The number of urea groups is 1. The SMILES string of the molecule is NC(=O)N(CCN1CCOCC1)c1nccs1. The van der Waals surface area contributed by atoms with Crippen molar-refractivity contribution in [2.24, 2.45) is 5.73 Å². The van der Waals surface area contributed by atoms with Crippen LogP contribution in [0.3, 0.4) is 0 Å². The first-order valence-electron chi connectivity index (χ1n) is 5.54. The molecule has 1 saturated heterocycles. The second kappa shape index (κ2) is 5.95. The van der Waals surface area contributed by atoms with Crippen LogP contribution in [0.4, 0.5) is 9.93 Å². The lowest BCUT2D eigenvalue weighted by Gasteiger charge is -2.28. The van der Waals surface area contributed by atoms with E-state index in [1.54, 1.807) is 6.20 Å². The number of aromatic nitrogens is 1. The number of carbonyl (C=O) groups is 1. The van der Waals surface area contributed by atoms with Crippen molar-refractivity contribution in [1.82, 2.24) is 9.88 Å². The molecule has 1 aliphatic heterocycles. The van der Waals surface area contributed by atoms with Gasteiger partial charge >= 0.3 is 6.03 Å². The Morgan fingerprint density at radius 2 is 2.35 bits per heavy atom. The first-order valence-corrected chi connectivity index (χ1v) is 6.42. The molecule has 2 rings (SSSR count). The van der Waals surface area contributed by atoms with Crippen molar-refractivity contribution in [2.45, 2.75) is 0 Å². The fraction of sp³-hybridized carbons (Fsp3) is 0.600. The number of nitrogens with zero attached hydrogens (tertiary/aromatic N) is 3. The van der Waals surface area contributed by atoms with Crippen molar-refractivity contribution >= 4 is 22.5 Å². The smallest absolute Gasteiger partial charge is 0.321 e. The van der Waals surface area contributed by atoms with Crippen molar-refractivity contribution in [3.05, 3.63) is 11.6 Å². The highest BCUT2D eigenvalue weighted by Crippen LogP contribution is 2.16. The van der Waals surface area contributed by atoms with Crippen LogP contribution in [0.25, 0.3) is 0 Å². The predicted octanol–water partition coefficient (Wildman–Crippen LogP) is 0.360. The molecule has 0 bridgehead atoms. The molecule has 1 aromatic rings. The van der Waals surface area contributed by atoms with Gasteiger partial charge in [0.1, 0.15) is 0 Å². The van der Waals surface area contributed by atoms with Gasteiger partial charge in [0.25, 0.3) is 0 Å². The summed E-state index contributed by atoms with van der Waals surface area (Å²) in [4.78, 5) is 19.2. The Bertz CT molecular complexity index is 351. The van der Waals surface area contributed by atoms with E-state index in [1.165, 1.54) is 16.2 Å². The molecule has 6 nitrogen and oxygen atoms in total. The molecule has 0 spiro atoms. The monoisotopic (exact) mass is 256 g/mol. The summed E-state index contributed by atoms with van der Waals surface area (Å²) in [7, 11) is 0. The summed E-state index contributed by atoms with van der Waals surface area (Å²) in [6.07, 6.45) is 1.67. The number of hydrogen-bond donors (Lipinski definition) is 1. The van der Waals surface area contributed by atoms with Gasteiger partial charge in [-0.3, -0.25) is 9.80 Å². The molecule has 0 saturated carbocycles. The Kier molecular flexibility index (Phi) is 4.29. The van der Waals surface area contributed by atoms with Gasteiger partial charge in [0, 0.05) is 37.8 Å². The third-order valence-electron chi connectivity index (χ3n) is 2.66. The Balaban J connectivity index is 1.88. The number of anilines is 1. The summed E-state index contributed by atoms with van der Waals surface area (Å²) < 4.78 is 5.27. The second-order valence-corrected chi connectivity index (χ2v) is 4.63. The molecule has 0 atom stereocenters. The Hall–Kier alpha value is -1.18. The van der Waals surface area contributed by atoms with Crippen LogP contribution in [0.2, 0.25) is 0 Å². The van der Waals surface area contributed by atoms with Gasteiger partial charge in [0.2, 0.25) is 0 Å². The van der Waals surface area contributed by atoms with Gasteiger partial charge in [-0.05, 0) is 0 Å². The molecule has 0 unspecified atom stereocenters. The summed E-state index contributed by atoms with van der Waals surface area (Å²) in [6, 6.07) is -0.451. The van der Waals surface area contributed by atoms with Crippen molar-refractivity contribution in [1.29, 1.82) is 0 Å². The van der Waals surface area contributed by atoms with Gasteiger partial charge in [-0.2, -0.15) is 0 Å². The molecule has 1 aliphatic rings. The maximum absolute atomic E-state index is 11.3. The molecule has 1 aromatic heterocycles. The van der Waals surface area contributed by atoms with Crippen molar-refractivity contribution in [3.63, 3.8) is 0 Å².